The van der Waals surface area contributed by atoms with Gasteiger partial charge in [0, 0.05) is 13.6 Å². The molecule has 2 aromatic carbocycles. The first-order valence-corrected chi connectivity index (χ1v) is 6.69. The molecule has 5 heteroatoms. The molecular weight excluding hydrogens is 288 g/mol. The number of hydrogen-bond donors (Lipinski definition) is 1. The van der Waals surface area contributed by atoms with Crippen LogP contribution in [-0.2, 0) is 6.52 Å². The van der Waals surface area contributed by atoms with Crippen LogP contribution in [0.25, 0.3) is 0 Å². The van der Waals surface area contributed by atoms with E-state index in [9.17, 15) is 9.59 Å². The third kappa shape index (κ3) is 3.83. The van der Waals surface area contributed by atoms with Crippen molar-refractivity contribution in [3.63, 3.8) is 0 Å². The summed E-state index contributed by atoms with van der Waals surface area (Å²) >= 11 is 5.95. The second-order valence-corrected chi connectivity index (χ2v) is 4.76. The number of nitrogens with one attached hydrogen (secondary N) is 1. The van der Waals surface area contributed by atoms with E-state index < -0.39 is 18.5 Å². The minimum Gasteiger partial charge on any atom is -0.334 e. The number of imide groups is 1. The van der Waals surface area contributed by atoms with Gasteiger partial charge in [-0.05, 0) is 17.7 Å². The molecule has 0 aromatic heterocycles. The van der Waals surface area contributed by atoms with Crippen molar-refractivity contribution in [1.82, 2.24) is 10.2 Å². The lowest BCUT2D eigenvalue weighted by Crippen LogP contribution is -2.40. The SMILES string of the molecule is [2H]C(NC(=O)N(C)C(=O)c1ccccc1Cl)c1ccccc1. The zero-order valence-electron chi connectivity index (χ0n) is 12.4. The first-order chi connectivity index (χ1) is 10.5. The van der Waals surface area contributed by atoms with Crippen LogP contribution in [-0.4, -0.2) is 23.9 Å². The zero-order valence-corrected chi connectivity index (χ0v) is 12.2. The number of hydrogen-bond acceptors (Lipinski definition) is 2. The van der Waals surface area contributed by atoms with E-state index >= 15 is 0 Å². The van der Waals surface area contributed by atoms with Gasteiger partial charge in [0.25, 0.3) is 5.91 Å². The van der Waals surface area contributed by atoms with Gasteiger partial charge in [-0.1, -0.05) is 54.1 Å². The summed E-state index contributed by atoms with van der Waals surface area (Å²) in [5, 5.41) is 2.73. The van der Waals surface area contributed by atoms with Crippen LogP contribution < -0.4 is 5.32 Å². The molecule has 2 rings (SSSR count). The van der Waals surface area contributed by atoms with Crippen molar-refractivity contribution < 1.29 is 11.0 Å². The van der Waals surface area contributed by atoms with E-state index in [1.54, 1.807) is 48.5 Å². The van der Waals surface area contributed by atoms with Gasteiger partial charge >= 0.3 is 6.03 Å². The van der Waals surface area contributed by atoms with E-state index in [0.29, 0.717) is 5.56 Å². The van der Waals surface area contributed by atoms with Crippen LogP contribution in [0.3, 0.4) is 0 Å². The maximum Gasteiger partial charge on any atom is 0.324 e. The summed E-state index contributed by atoms with van der Waals surface area (Å²) in [5.74, 6) is -0.525. The van der Waals surface area contributed by atoms with Gasteiger partial charge in [-0.15, -0.1) is 0 Å². The highest BCUT2D eigenvalue weighted by atomic mass is 35.5. The summed E-state index contributed by atoms with van der Waals surface area (Å²) in [6, 6.07) is 14.7. The van der Waals surface area contributed by atoms with Crippen molar-refractivity contribution in [2.45, 2.75) is 6.52 Å². The minimum atomic E-state index is -0.949. The maximum absolute atomic E-state index is 12.2. The molecule has 0 radical (unpaired) electrons. The van der Waals surface area contributed by atoms with E-state index in [-0.39, 0.29) is 10.6 Å². The van der Waals surface area contributed by atoms with E-state index in [4.69, 9.17) is 13.0 Å². The summed E-state index contributed by atoms with van der Waals surface area (Å²) in [5.41, 5.74) is 0.873. The van der Waals surface area contributed by atoms with Gasteiger partial charge in [0.1, 0.15) is 0 Å². The Morgan fingerprint density at radius 1 is 1.14 bits per heavy atom. The molecular formula is C16H15ClN2O2. The quantitative estimate of drug-likeness (QED) is 0.945. The van der Waals surface area contributed by atoms with Gasteiger partial charge in [0.15, 0.2) is 0 Å². The van der Waals surface area contributed by atoms with Gasteiger partial charge in [-0.25, -0.2) is 4.79 Å². The fourth-order valence-corrected chi connectivity index (χ4v) is 1.92. The molecule has 4 nitrogen and oxygen atoms in total. The predicted molar refractivity (Wildman–Crippen MR) is 82.2 cm³/mol. The van der Waals surface area contributed by atoms with Crippen LogP contribution in [0.5, 0.6) is 0 Å². The standard InChI is InChI=1S/C16H15ClN2O2/c1-19(15(20)13-9-5-6-10-14(13)17)16(21)18-11-12-7-3-2-4-8-12/h2-10H,11H2,1H3,(H,18,21)/i11D. The van der Waals surface area contributed by atoms with Crippen LogP contribution in [0.1, 0.15) is 17.3 Å². The van der Waals surface area contributed by atoms with Crippen molar-refractivity contribution in [1.29, 1.82) is 0 Å². The molecule has 0 fully saturated rings. The number of benzene rings is 2. The van der Waals surface area contributed by atoms with Crippen LogP contribution in [0.15, 0.2) is 54.6 Å². The van der Waals surface area contributed by atoms with Crippen LogP contribution in [0, 0.1) is 0 Å². The highest BCUT2D eigenvalue weighted by Crippen LogP contribution is 2.16. The average Bonchev–Trinajstić information content (AvgIpc) is 2.54. The van der Waals surface area contributed by atoms with Crippen molar-refractivity contribution in [3.05, 3.63) is 70.7 Å². The highest BCUT2D eigenvalue weighted by molar-refractivity contribution is 6.34. The molecule has 0 saturated carbocycles. The summed E-state index contributed by atoms with van der Waals surface area (Å²) in [4.78, 5) is 25.2. The first-order valence-electron chi connectivity index (χ1n) is 6.88. The smallest absolute Gasteiger partial charge is 0.324 e. The summed E-state index contributed by atoms with van der Waals surface area (Å²) in [7, 11) is 1.35. The molecule has 21 heavy (non-hydrogen) atoms. The number of rotatable bonds is 3. The molecule has 0 saturated heterocycles. The first kappa shape index (κ1) is 13.6. The Morgan fingerprint density at radius 2 is 1.76 bits per heavy atom. The normalized spacial score (nSPS) is 12.2. The monoisotopic (exact) mass is 303 g/mol. The molecule has 2 aromatic rings. The number of halogens is 1. The lowest BCUT2D eigenvalue weighted by Gasteiger charge is -2.17. The Labute approximate surface area is 129 Å². The molecule has 0 spiro atoms. The summed E-state index contributed by atoms with van der Waals surface area (Å²) < 4.78 is 7.93. The summed E-state index contributed by atoms with van der Waals surface area (Å²) in [6.45, 7) is -0.949. The van der Waals surface area contributed by atoms with Crippen molar-refractivity contribution >= 4 is 23.5 Å². The largest absolute Gasteiger partial charge is 0.334 e. The van der Waals surface area contributed by atoms with Crippen molar-refractivity contribution in [2.75, 3.05) is 7.05 Å². The Balaban J connectivity index is 2.06. The predicted octanol–water partition coefficient (Wildman–Crippen LogP) is 3.32. The van der Waals surface area contributed by atoms with Crippen LogP contribution >= 0.6 is 11.6 Å². The van der Waals surface area contributed by atoms with Gasteiger partial charge in [0.2, 0.25) is 0 Å². The van der Waals surface area contributed by atoms with E-state index in [2.05, 4.69) is 5.32 Å². The molecule has 0 aliphatic heterocycles. The van der Waals surface area contributed by atoms with Gasteiger partial charge in [-0.3, -0.25) is 9.69 Å². The van der Waals surface area contributed by atoms with Crippen molar-refractivity contribution in [3.8, 4) is 0 Å². The maximum atomic E-state index is 12.2. The Bertz CT molecular complexity index is 679. The second kappa shape index (κ2) is 6.90. The molecule has 1 N–H and O–H groups in total. The molecule has 3 amide bonds. The number of carbonyl (C=O) groups is 2. The van der Waals surface area contributed by atoms with Gasteiger partial charge in [0.05, 0.1) is 12.0 Å². The molecule has 0 aliphatic carbocycles. The zero-order chi connectivity index (χ0) is 16.1. The van der Waals surface area contributed by atoms with Crippen LogP contribution in [0.2, 0.25) is 5.02 Å². The molecule has 108 valence electrons. The number of carbonyl (C=O) groups excluding carboxylic acids is 2. The molecule has 0 aliphatic rings. The van der Waals surface area contributed by atoms with Gasteiger partial charge < -0.3 is 5.32 Å². The van der Waals surface area contributed by atoms with Crippen molar-refractivity contribution in [2.24, 2.45) is 0 Å². The van der Waals surface area contributed by atoms with E-state index in [0.717, 1.165) is 4.90 Å². The Morgan fingerprint density at radius 3 is 2.43 bits per heavy atom. The Kier molecular flexibility index (Phi) is 4.49. The lowest BCUT2D eigenvalue weighted by atomic mass is 10.2. The third-order valence-corrected chi connectivity index (χ3v) is 3.21. The molecule has 0 bridgehead atoms. The summed E-state index contributed by atoms with van der Waals surface area (Å²) in [6.07, 6.45) is 0. The second-order valence-electron chi connectivity index (χ2n) is 4.35. The van der Waals surface area contributed by atoms with Gasteiger partial charge in [-0.2, -0.15) is 0 Å². The molecule has 1 unspecified atom stereocenters. The topological polar surface area (TPSA) is 49.4 Å². The number of amides is 3. The van der Waals surface area contributed by atoms with E-state index in [1.807, 2.05) is 6.07 Å². The number of nitrogens with zero attached hydrogens (tertiary/aromatic N) is 1. The fourth-order valence-electron chi connectivity index (χ4n) is 1.70. The Hall–Kier alpha value is -2.33. The lowest BCUT2D eigenvalue weighted by molar-refractivity contribution is 0.0831. The highest BCUT2D eigenvalue weighted by Gasteiger charge is 2.20. The third-order valence-electron chi connectivity index (χ3n) is 2.88. The number of urea groups is 1. The fraction of sp³-hybridized carbons (Fsp3) is 0.125. The van der Waals surface area contributed by atoms with Crippen LogP contribution in [0.4, 0.5) is 4.79 Å². The average molecular weight is 304 g/mol. The minimum absolute atomic E-state index is 0.239. The van der Waals surface area contributed by atoms with E-state index in [1.165, 1.54) is 7.05 Å². The molecule has 1 atom stereocenters. The molecule has 0 heterocycles.